The SMILES string of the molecule is CC(N)/C(F)=C/c1ccc(C#N)cc1. The highest BCUT2D eigenvalue weighted by molar-refractivity contribution is 5.53. The van der Waals surface area contributed by atoms with Crippen molar-refractivity contribution in [2.75, 3.05) is 0 Å². The summed E-state index contributed by atoms with van der Waals surface area (Å²) in [5.41, 5.74) is 6.61. The van der Waals surface area contributed by atoms with Crippen LogP contribution in [0.3, 0.4) is 0 Å². The fraction of sp³-hybridized carbons (Fsp3) is 0.182. The van der Waals surface area contributed by atoms with Crippen LogP contribution in [-0.2, 0) is 0 Å². The molecule has 14 heavy (non-hydrogen) atoms. The maximum Gasteiger partial charge on any atom is 0.117 e. The van der Waals surface area contributed by atoms with E-state index in [0.29, 0.717) is 11.1 Å². The van der Waals surface area contributed by atoms with E-state index in [-0.39, 0.29) is 5.83 Å². The molecule has 0 radical (unpaired) electrons. The summed E-state index contributed by atoms with van der Waals surface area (Å²) < 4.78 is 13.1. The van der Waals surface area contributed by atoms with Crippen molar-refractivity contribution in [3.05, 3.63) is 41.2 Å². The smallest absolute Gasteiger partial charge is 0.117 e. The summed E-state index contributed by atoms with van der Waals surface area (Å²) in [6.07, 6.45) is 1.37. The minimum absolute atomic E-state index is 0.366. The van der Waals surface area contributed by atoms with Crippen LogP contribution < -0.4 is 5.73 Å². The molecule has 3 heteroatoms. The van der Waals surface area contributed by atoms with Crippen LogP contribution in [0, 0.1) is 11.3 Å². The fourth-order valence-electron chi connectivity index (χ4n) is 0.945. The van der Waals surface area contributed by atoms with Gasteiger partial charge in [-0.25, -0.2) is 4.39 Å². The third-order valence-electron chi connectivity index (χ3n) is 1.78. The zero-order valence-corrected chi connectivity index (χ0v) is 7.87. The first kappa shape index (κ1) is 10.4. The van der Waals surface area contributed by atoms with Gasteiger partial charge in [0.05, 0.1) is 17.7 Å². The Labute approximate surface area is 82.5 Å². The number of nitrogens with zero attached hydrogens (tertiary/aromatic N) is 1. The molecule has 2 N–H and O–H groups in total. The molecule has 0 heterocycles. The third-order valence-corrected chi connectivity index (χ3v) is 1.78. The van der Waals surface area contributed by atoms with Crippen molar-refractivity contribution in [3.8, 4) is 6.07 Å². The number of rotatable bonds is 2. The summed E-state index contributed by atoms with van der Waals surface area (Å²) in [6, 6.07) is 8.04. The van der Waals surface area contributed by atoms with Crippen molar-refractivity contribution >= 4 is 6.08 Å². The molecule has 0 spiro atoms. The summed E-state index contributed by atoms with van der Waals surface area (Å²) in [4.78, 5) is 0. The van der Waals surface area contributed by atoms with Crippen molar-refractivity contribution in [1.82, 2.24) is 0 Å². The van der Waals surface area contributed by atoms with E-state index in [1.165, 1.54) is 6.08 Å². The molecule has 0 saturated heterocycles. The van der Waals surface area contributed by atoms with Crippen LogP contribution in [0.5, 0.6) is 0 Å². The molecular weight excluding hydrogens is 179 g/mol. The number of hydrogen-bond donors (Lipinski definition) is 1. The minimum atomic E-state index is -0.592. The number of halogens is 1. The van der Waals surface area contributed by atoms with E-state index < -0.39 is 6.04 Å². The molecule has 1 atom stereocenters. The summed E-state index contributed by atoms with van der Waals surface area (Å²) in [5.74, 6) is -0.366. The monoisotopic (exact) mass is 190 g/mol. The topological polar surface area (TPSA) is 49.8 Å². The Morgan fingerprint density at radius 3 is 2.50 bits per heavy atom. The van der Waals surface area contributed by atoms with Gasteiger partial charge in [-0.3, -0.25) is 0 Å². The van der Waals surface area contributed by atoms with Gasteiger partial charge in [-0.05, 0) is 30.7 Å². The van der Waals surface area contributed by atoms with Gasteiger partial charge in [0, 0.05) is 0 Å². The molecule has 1 aromatic carbocycles. The van der Waals surface area contributed by atoms with E-state index in [4.69, 9.17) is 11.0 Å². The summed E-state index contributed by atoms with van der Waals surface area (Å²) in [6.45, 7) is 1.58. The number of hydrogen-bond acceptors (Lipinski definition) is 2. The maximum absolute atomic E-state index is 13.1. The number of nitriles is 1. The molecule has 0 saturated carbocycles. The first-order chi connectivity index (χ1) is 6.63. The van der Waals surface area contributed by atoms with Crippen LogP contribution in [0.1, 0.15) is 18.1 Å². The molecule has 0 amide bonds. The fourth-order valence-corrected chi connectivity index (χ4v) is 0.945. The van der Waals surface area contributed by atoms with E-state index in [2.05, 4.69) is 0 Å². The van der Waals surface area contributed by atoms with E-state index in [1.807, 2.05) is 6.07 Å². The second-order valence-corrected chi connectivity index (χ2v) is 3.05. The van der Waals surface area contributed by atoms with Gasteiger partial charge in [-0.1, -0.05) is 12.1 Å². The first-order valence-corrected chi connectivity index (χ1v) is 4.26. The lowest BCUT2D eigenvalue weighted by Crippen LogP contribution is -2.14. The molecule has 0 bridgehead atoms. The zero-order valence-electron chi connectivity index (χ0n) is 7.87. The molecule has 72 valence electrons. The normalized spacial score (nSPS) is 13.4. The predicted molar refractivity (Wildman–Crippen MR) is 53.9 cm³/mol. The van der Waals surface area contributed by atoms with Crippen LogP contribution in [0.4, 0.5) is 4.39 Å². The third kappa shape index (κ3) is 2.68. The van der Waals surface area contributed by atoms with Crippen LogP contribution in [0.25, 0.3) is 6.08 Å². The van der Waals surface area contributed by atoms with E-state index >= 15 is 0 Å². The van der Waals surface area contributed by atoms with Crippen LogP contribution in [0.2, 0.25) is 0 Å². The van der Waals surface area contributed by atoms with Crippen LogP contribution in [-0.4, -0.2) is 6.04 Å². The standard InChI is InChI=1S/C11H11FN2/c1-8(14)11(12)6-9-2-4-10(7-13)5-3-9/h2-6,8H,14H2,1H3/b11-6-. The van der Waals surface area contributed by atoms with Crippen molar-refractivity contribution in [1.29, 1.82) is 5.26 Å². The minimum Gasteiger partial charge on any atom is -0.322 e. The Morgan fingerprint density at radius 2 is 2.07 bits per heavy atom. The molecular formula is C11H11FN2. The zero-order chi connectivity index (χ0) is 10.6. The molecule has 0 aliphatic heterocycles. The van der Waals surface area contributed by atoms with Crippen molar-refractivity contribution in [2.24, 2.45) is 5.73 Å². The van der Waals surface area contributed by atoms with Gasteiger partial charge >= 0.3 is 0 Å². The van der Waals surface area contributed by atoms with Gasteiger partial charge in [0.15, 0.2) is 0 Å². The lowest BCUT2D eigenvalue weighted by atomic mass is 10.1. The van der Waals surface area contributed by atoms with Gasteiger partial charge < -0.3 is 5.73 Å². The van der Waals surface area contributed by atoms with Crippen molar-refractivity contribution < 1.29 is 4.39 Å². The molecule has 0 aliphatic carbocycles. The molecule has 0 fully saturated rings. The largest absolute Gasteiger partial charge is 0.322 e. The summed E-state index contributed by atoms with van der Waals surface area (Å²) in [5, 5.41) is 8.54. The van der Waals surface area contributed by atoms with Gasteiger partial charge in [0.2, 0.25) is 0 Å². The molecule has 0 aromatic heterocycles. The highest BCUT2D eigenvalue weighted by Gasteiger charge is 2.01. The van der Waals surface area contributed by atoms with Crippen LogP contribution in [0.15, 0.2) is 30.1 Å². The average molecular weight is 190 g/mol. The summed E-state index contributed by atoms with van der Waals surface area (Å²) >= 11 is 0. The van der Waals surface area contributed by atoms with Gasteiger partial charge in [-0.15, -0.1) is 0 Å². The van der Waals surface area contributed by atoms with E-state index in [9.17, 15) is 4.39 Å². The van der Waals surface area contributed by atoms with Gasteiger partial charge in [0.1, 0.15) is 5.83 Å². The van der Waals surface area contributed by atoms with Gasteiger partial charge in [0.25, 0.3) is 0 Å². The molecule has 1 aromatic rings. The quantitative estimate of drug-likeness (QED) is 0.777. The number of nitrogens with two attached hydrogens (primary N) is 1. The Morgan fingerprint density at radius 1 is 1.50 bits per heavy atom. The molecule has 2 nitrogen and oxygen atoms in total. The van der Waals surface area contributed by atoms with Gasteiger partial charge in [-0.2, -0.15) is 5.26 Å². The second kappa shape index (κ2) is 4.54. The predicted octanol–water partition coefficient (Wildman–Crippen LogP) is 2.22. The number of benzene rings is 1. The highest BCUT2D eigenvalue weighted by Crippen LogP contribution is 2.11. The second-order valence-electron chi connectivity index (χ2n) is 3.05. The van der Waals surface area contributed by atoms with Crippen LogP contribution >= 0.6 is 0 Å². The maximum atomic E-state index is 13.1. The highest BCUT2D eigenvalue weighted by atomic mass is 19.1. The Bertz CT molecular complexity index is 371. The molecule has 1 rings (SSSR count). The summed E-state index contributed by atoms with van der Waals surface area (Å²) in [7, 11) is 0. The lowest BCUT2D eigenvalue weighted by Gasteiger charge is -2.00. The van der Waals surface area contributed by atoms with Crippen molar-refractivity contribution in [2.45, 2.75) is 13.0 Å². The Hall–Kier alpha value is -1.66. The lowest BCUT2D eigenvalue weighted by molar-refractivity contribution is 0.568. The van der Waals surface area contributed by atoms with E-state index in [0.717, 1.165) is 0 Å². The van der Waals surface area contributed by atoms with E-state index in [1.54, 1.807) is 31.2 Å². The molecule has 1 unspecified atom stereocenters. The average Bonchev–Trinajstić information content (AvgIpc) is 2.19. The van der Waals surface area contributed by atoms with Crippen molar-refractivity contribution in [3.63, 3.8) is 0 Å². The molecule has 0 aliphatic rings. The Balaban J connectivity index is 2.89. The Kier molecular flexibility index (Phi) is 3.38. The first-order valence-electron chi connectivity index (χ1n) is 4.26.